The van der Waals surface area contributed by atoms with Gasteiger partial charge in [0.25, 0.3) is 0 Å². The molecular weight excluding hydrogens is 482 g/mol. The van der Waals surface area contributed by atoms with Crippen LogP contribution in [0.2, 0.25) is 5.02 Å². The quantitative estimate of drug-likeness (QED) is 0.224. The van der Waals surface area contributed by atoms with Crippen molar-refractivity contribution >= 4 is 33.4 Å². The van der Waals surface area contributed by atoms with E-state index in [9.17, 15) is 0 Å². The van der Waals surface area contributed by atoms with Crippen LogP contribution in [0.4, 0.5) is 0 Å². The summed E-state index contributed by atoms with van der Waals surface area (Å²) < 4.78 is 2.39. The van der Waals surface area contributed by atoms with Crippen LogP contribution in [-0.2, 0) is 0 Å². The van der Waals surface area contributed by atoms with Crippen molar-refractivity contribution in [2.24, 2.45) is 0 Å². The summed E-state index contributed by atoms with van der Waals surface area (Å²) in [5.41, 5.74) is 10.6. The first kappa shape index (κ1) is 22.6. The normalized spacial score (nSPS) is 11.3. The van der Waals surface area contributed by atoms with E-state index in [1.165, 1.54) is 38.8 Å². The molecule has 0 N–H and O–H groups in total. The third-order valence-corrected chi connectivity index (χ3v) is 7.50. The number of rotatable bonds is 4. The second-order valence-electron chi connectivity index (χ2n) is 9.53. The van der Waals surface area contributed by atoms with E-state index in [0.717, 1.165) is 27.1 Å². The van der Waals surface area contributed by atoms with Gasteiger partial charge in [-0.25, -0.2) is 0 Å². The van der Waals surface area contributed by atoms with Crippen LogP contribution in [0.1, 0.15) is 0 Å². The molecule has 1 aromatic heterocycles. The highest BCUT2D eigenvalue weighted by Gasteiger charge is 2.19. The Morgan fingerprint density at radius 1 is 0.421 bits per heavy atom. The summed E-state index contributed by atoms with van der Waals surface area (Å²) in [6, 6.07) is 51.4. The van der Waals surface area contributed by atoms with E-state index < -0.39 is 0 Å². The maximum Gasteiger partial charge on any atom is 0.0547 e. The molecule has 0 amide bonds. The molecule has 2 heteroatoms. The zero-order chi connectivity index (χ0) is 25.5. The van der Waals surface area contributed by atoms with Crippen LogP contribution in [0.25, 0.3) is 60.9 Å². The van der Waals surface area contributed by atoms with Gasteiger partial charge in [0.1, 0.15) is 0 Å². The predicted molar refractivity (Wildman–Crippen MR) is 162 cm³/mol. The zero-order valence-corrected chi connectivity index (χ0v) is 21.4. The third kappa shape index (κ3) is 3.80. The van der Waals surface area contributed by atoms with E-state index in [2.05, 4.69) is 144 Å². The molecule has 180 valence electrons. The number of nitrogens with zero attached hydrogens (tertiary/aromatic N) is 1. The molecule has 0 aliphatic rings. The fourth-order valence-corrected chi connectivity index (χ4v) is 5.72. The predicted octanol–water partition coefficient (Wildman–Crippen LogP) is 10.4. The van der Waals surface area contributed by atoms with Gasteiger partial charge in [-0.1, -0.05) is 121 Å². The lowest BCUT2D eigenvalue weighted by Crippen LogP contribution is -1.98. The van der Waals surface area contributed by atoms with Crippen molar-refractivity contribution in [3.05, 3.63) is 151 Å². The average Bonchev–Trinajstić information content (AvgIpc) is 3.31. The monoisotopic (exact) mass is 505 g/mol. The summed E-state index contributed by atoms with van der Waals surface area (Å²) >= 11 is 6.58. The smallest absolute Gasteiger partial charge is 0.0547 e. The molecule has 38 heavy (non-hydrogen) atoms. The van der Waals surface area contributed by atoms with Crippen LogP contribution < -0.4 is 0 Å². The molecule has 0 bridgehead atoms. The van der Waals surface area contributed by atoms with Gasteiger partial charge in [0, 0.05) is 21.4 Å². The Labute approximate surface area is 227 Å². The Bertz CT molecular complexity index is 1900. The summed E-state index contributed by atoms with van der Waals surface area (Å²) in [4.78, 5) is 0. The van der Waals surface area contributed by atoms with Gasteiger partial charge in [-0.15, -0.1) is 0 Å². The fourth-order valence-electron chi connectivity index (χ4n) is 5.55. The summed E-state index contributed by atoms with van der Waals surface area (Å²) in [5.74, 6) is 0. The maximum atomic E-state index is 6.58. The maximum absolute atomic E-state index is 6.58. The number of fused-ring (bicyclic) bond motifs is 3. The van der Waals surface area contributed by atoms with Crippen molar-refractivity contribution in [2.45, 2.75) is 0 Å². The molecule has 1 heterocycles. The van der Waals surface area contributed by atoms with E-state index in [4.69, 9.17) is 11.6 Å². The second kappa shape index (κ2) is 9.37. The van der Waals surface area contributed by atoms with Crippen LogP contribution in [-0.4, -0.2) is 4.57 Å². The lowest BCUT2D eigenvalue weighted by Gasteiger charge is -2.16. The van der Waals surface area contributed by atoms with Crippen LogP contribution in [0.15, 0.2) is 146 Å². The van der Waals surface area contributed by atoms with Crippen molar-refractivity contribution in [3.63, 3.8) is 0 Å². The number of hydrogen-bond acceptors (Lipinski definition) is 0. The van der Waals surface area contributed by atoms with Gasteiger partial charge in [-0.2, -0.15) is 0 Å². The number of hydrogen-bond donors (Lipinski definition) is 0. The number of benzene rings is 6. The third-order valence-electron chi connectivity index (χ3n) is 7.27. The lowest BCUT2D eigenvalue weighted by molar-refractivity contribution is 1.18. The van der Waals surface area contributed by atoms with Gasteiger partial charge in [0.15, 0.2) is 0 Å². The summed E-state index contributed by atoms with van der Waals surface area (Å²) in [7, 11) is 0. The number of halogens is 1. The van der Waals surface area contributed by atoms with Gasteiger partial charge in [0.2, 0.25) is 0 Å². The molecule has 0 saturated heterocycles. The molecule has 0 spiro atoms. The summed E-state index contributed by atoms with van der Waals surface area (Å²) in [5, 5.41) is 3.10. The Morgan fingerprint density at radius 3 is 1.74 bits per heavy atom. The summed E-state index contributed by atoms with van der Waals surface area (Å²) in [6.07, 6.45) is 0. The molecule has 7 aromatic rings. The van der Waals surface area contributed by atoms with Gasteiger partial charge in [-0.3, -0.25) is 0 Å². The van der Waals surface area contributed by atoms with Gasteiger partial charge in [-0.05, 0) is 64.2 Å². The van der Waals surface area contributed by atoms with E-state index in [-0.39, 0.29) is 0 Å². The minimum atomic E-state index is 0.738. The molecule has 0 aliphatic carbocycles. The Hall–Kier alpha value is -4.59. The molecule has 0 radical (unpaired) electrons. The molecule has 0 fully saturated rings. The van der Waals surface area contributed by atoms with Crippen molar-refractivity contribution in [2.75, 3.05) is 0 Å². The van der Waals surface area contributed by atoms with E-state index in [1.807, 2.05) is 6.07 Å². The van der Waals surface area contributed by atoms with E-state index >= 15 is 0 Å². The molecule has 0 saturated carbocycles. The van der Waals surface area contributed by atoms with Crippen LogP contribution in [0.5, 0.6) is 0 Å². The number of aromatic nitrogens is 1. The fraction of sp³-hybridized carbons (Fsp3) is 0. The minimum Gasteiger partial charge on any atom is -0.309 e. The molecule has 1 nitrogen and oxygen atoms in total. The molecule has 0 aliphatic heterocycles. The average molecular weight is 506 g/mol. The zero-order valence-electron chi connectivity index (χ0n) is 20.7. The first-order valence-corrected chi connectivity index (χ1v) is 13.2. The first-order chi connectivity index (χ1) is 18.8. The highest BCUT2D eigenvalue weighted by atomic mass is 35.5. The van der Waals surface area contributed by atoms with Crippen LogP contribution in [0.3, 0.4) is 0 Å². The van der Waals surface area contributed by atoms with Gasteiger partial charge in [0.05, 0.1) is 16.7 Å². The molecule has 0 unspecified atom stereocenters. The first-order valence-electron chi connectivity index (χ1n) is 12.8. The van der Waals surface area contributed by atoms with Crippen LogP contribution in [0, 0.1) is 0 Å². The largest absolute Gasteiger partial charge is 0.309 e. The van der Waals surface area contributed by atoms with Crippen molar-refractivity contribution in [1.29, 1.82) is 0 Å². The Kier molecular flexibility index (Phi) is 5.57. The van der Waals surface area contributed by atoms with Crippen LogP contribution >= 0.6 is 11.6 Å². The SMILES string of the molecule is Clc1ccc2c(c1)c1c(-c3ccccc3)cccc1n2-c1ccc(-c2ccccc2)cc1-c1ccccc1. The second-order valence-corrected chi connectivity index (χ2v) is 9.96. The Balaban J connectivity index is 1.58. The van der Waals surface area contributed by atoms with Crippen molar-refractivity contribution < 1.29 is 0 Å². The topological polar surface area (TPSA) is 4.93 Å². The minimum absolute atomic E-state index is 0.738. The molecular formula is C36H24ClN. The van der Waals surface area contributed by atoms with Gasteiger partial charge < -0.3 is 4.57 Å². The summed E-state index contributed by atoms with van der Waals surface area (Å²) in [6.45, 7) is 0. The molecule has 6 aromatic carbocycles. The van der Waals surface area contributed by atoms with Crippen molar-refractivity contribution in [3.8, 4) is 39.1 Å². The standard InChI is InChI=1S/C36H24ClN/c37-29-20-22-34-32(24-29)36-30(26-13-6-2-7-14-26)17-10-18-35(36)38(34)33-21-19-28(25-11-4-1-5-12-25)23-31(33)27-15-8-3-9-16-27/h1-24H. The molecule has 7 rings (SSSR count). The van der Waals surface area contributed by atoms with E-state index in [1.54, 1.807) is 0 Å². The lowest BCUT2D eigenvalue weighted by atomic mass is 9.97. The van der Waals surface area contributed by atoms with Crippen molar-refractivity contribution in [1.82, 2.24) is 4.57 Å². The highest BCUT2D eigenvalue weighted by Crippen LogP contribution is 2.42. The van der Waals surface area contributed by atoms with E-state index in [0.29, 0.717) is 0 Å². The highest BCUT2D eigenvalue weighted by molar-refractivity contribution is 6.32. The molecule has 0 atom stereocenters. The van der Waals surface area contributed by atoms with Gasteiger partial charge >= 0.3 is 0 Å². The Morgan fingerprint density at radius 2 is 1.05 bits per heavy atom.